The van der Waals surface area contributed by atoms with E-state index in [1.165, 1.54) is 5.56 Å². The number of rotatable bonds is 3. The fourth-order valence-corrected chi connectivity index (χ4v) is 4.57. The van der Waals surface area contributed by atoms with Crippen LogP contribution in [0.3, 0.4) is 0 Å². The zero-order valence-electron chi connectivity index (χ0n) is 14.5. The van der Waals surface area contributed by atoms with Gasteiger partial charge in [0, 0.05) is 44.2 Å². The summed E-state index contributed by atoms with van der Waals surface area (Å²) in [6.45, 7) is 4.68. The van der Waals surface area contributed by atoms with Crippen LogP contribution in [0, 0.1) is 22.7 Å². The second-order valence-electron chi connectivity index (χ2n) is 7.65. The average molecular weight is 343 g/mol. The zero-order chi connectivity index (χ0) is 17.3. The maximum atomic E-state index is 13.0. The minimum absolute atomic E-state index is 0.0329. The van der Waals surface area contributed by atoms with Crippen molar-refractivity contribution in [2.45, 2.75) is 38.3 Å². The zero-order valence-corrected chi connectivity index (χ0v) is 14.5. The normalized spacial score (nSPS) is 29.2. The minimum atomic E-state index is -0.778. The van der Waals surface area contributed by atoms with E-state index in [0.717, 1.165) is 32.5 Å². The number of nitriles is 1. The lowest BCUT2D eigenvalue weighted by Crippen LogP contribution is -2.42. The first-order chi connectivity index (χ1) is 12.2. The van der Waals surface area contributed by atoms with Gasteiger partial charge in [0.05, 0.1) is 31.3 Å². The maximum Gasteiger partial charge on any atom is 0.243 e. The van der Waals surface area contributed by atoms with Crippen molar-refractivity contribution >= 4 is 5.91 Å². The third-order valence-electron chi connectivity index (χ3n) is 5.97. The van der Waals surface area contributed by atoms with E-state index >= 15 is 0 Å². The summed E-state index contributed by atoms with van der Waals surface area (Å²) in [6, 6.07) is 4.32. The minimum Gasteiger partial charge on any atom is -0.472 e. The molecule has 2 aliphatic heterocycles. The topological polar surface area (TPSA) is 69.7 Å². The number of carbonyl (C=O) groups excluding carboxylic acids is 1. The molecule has 1 amide bonds. The highest BCUT2D eigenvalue weighted by Crippen LogP contribution is 2.40. The van der Waals surface area contributed by atoms with E-state index in [4.69, 9.17) is 9.15 Å². The number of furan rings is 1. The first kappa shape index (κ1) is 16.6. The lowest BCUT2D eigenvalue weighted by atomic mass is 9.86. The Morgan fingerprint density at radius 1 is 1.32 bits per heavy atom. The molecule has 0 aromatic carbocycles. The van der Waals surface area contributed by atoms with Crippen molar-refractivity contribution in [3.05, 3.63) is 24.2 Å². The number of hydrogen-bond acceptors (Lipinski definition) is 5. The smallest absolute Gasteiger partial charge is 0.243 e. The molecule has 3 fully saturated rings. The molecule has 0 bridgehead atoms. The molecule has 6 heteroatoms. The monoisotopic (exact) mass is 343 g/mol. The second kappa shape index (κ2) is 6.81. The third-order valence-corrected chi connectivity index (χ3v) is 5.97. The highest BCUT2D eigenvalue weighted by atomic mass is 16.5. The van der Waals surface area contributed by atoms with Crippen molar-refractivity contribution in [3.8, 4) is 6.07 Å². The van der Waals surface area contributed by atoms with E-state index in [1.807, 2.05) is 11.0 Å². The van der Waals surface area contributed by atoms with Crippen molar-refractivity contribution in [1.29, 1.82) is 5.26 Å². The van der Waals surface area contributed by atoms with E-state index in [-0.39, 0.29) is 12.0 Å². The van der Waals surface area contributed by atoms with Crippen LogP contribution in [0.2, 0.25) is 0 Å². The van der Waals surface area contributed by atoms with Gasteiger partial charge in [-0.1, -0.05) is 12.8 Å². The van der Waals surface area contributed by atoms with Crippen molar-refractivity contribution in [2.75, 3.05) is 32.8 Å². The molecule has 2 atom stereocenters. The molecule has 25 heavy (non-hydrogen) atoms. The van der Waals surface area contributed by atoms with Gasteiger partial charge < -0.3 is 14.1 Å². The average Bonchev–Trinajstić information content (AvgIpc) is 3.35. The van der Waals surface area contributed by atoms with Crippen LogP contribution in [-0.2, 0) is 16.1 Å². The van der Waals surface area contributed by atoms with E-state index in [0.29, 0.717) is 38.5 Å². The number of fused-ring (bicyclic) bond motifs is 1. The summed E-state index contributed by atoms with van der Waals surface area (Å²) in [7, 11) is 0. The highest BCUT2D eigenvalue weighted by Gasteiger charge is 2.48. The van der Waals surface area contributed by atoms with E-state index < -0.39 is 5.41 Å². The van der Waals surface area contributed by atoms with Crippen LogP contribution in [0.1, 0.15) is 31.2 Å². The van der Waals surface area contributed by atoms with Gasteiger partial charge in [0.1, 0.15) is 5.41 Å². The lowest BCUT2D eigenvalue weighted by Gasteiger charge is -2.27. The second-order valence-corrected chi connectivity index (χ2v) is 7.65. The largest absolute Gasteiger partial charge is 0.472 e. The molecule has 134 valence electrons. The molecule has 1 saturated carbocycles. The number of hydrogen-bond donors (Lipinski definition) is 0. The number of nitrogens with zero attached hydrogens (tertiary/aromatic N) is 3. The van der Waals surface area contributed by atoms with Gasteiger partial charge >= 0.3 is 0 Å². The molecule has 0 spiro atoms. The summed E-state index contributed by atoms with van der Waals surface area (Å²) < 4.78 is 11.2. The van der Waals surface area contributed by atoms with Crippen molar-refractivity contribution in [1.82, 2.24) is 9.80 Å². The summed E-state index contributed by atoms with van der Waals surface area (Å²) in [5.41, 5.74) is 0.388. The molecule has 3 heterocycles. The molecule has 1 aromatic heterocycles. The Kier molecular flexibility index (Phi) is 4.53. The highest BCUT2D eigenvalue weighted by molar-refractivity contribution is 5.86. The Morgan fingerprint density at radius 3 is 2.88 bits per heavy atom. The van der Waals surface area contributed by atoms with Crippen molar-refractivity contribution < 1.29 is 13.9 Å². The predicted molar refractivity (Wildman–Crippen MR) is 90.3 cm³/mol. The Bertz CT molecular complexity index is 645. The van der Waals surface area contributed by atoms with Gasteiger partial charge in [0.15, 0.2) is 0 Å². The van der Waals surface area contributed by atoms with Crippen LogP contribution in [0.15, 0.2) is 23.0 Å². The SMILES string of the molecule is N#CC1(C(=O)N2C[C@@H]3CN(Cc4ccoc4)CCO[C@@H]3C2)CCCC1. The Morgan fingerprint density at radius 2 is 2.16 bits per heavy atom. The van der Waals surface area contributed by atoms with Crippen LogP contribution >= 0.6 is 0 Å². The van der Waals surface area contributed by atoms with E-state index in [9.17, 15) is 10.1 Å². The summed E-state index contributed by atoms with van der Waals surface area (Å²) in [5, 5.41) is 9.59. The summed E-state index contributed by atoms with van der Waals surface area (Å²) >= 11 is 0. The summed E-state index contributed by atoms with van der Waals surface area (Å²) in [6.07, 6.45) is 6.96. The molecular weight excluding hydrogens is 318 g/mol. The fourth-order valence-electron chi connectivity index (χ4n) is 4.57. The van der Waals surface area contributed by atoms with Crippen LogP contribution < -0.4 is 0 Å². The number of amides is 1. The first-order valence-corrected chi connectivity index (χ1v) is 9.26. The lowest BCUT2D eigenvalue weighted by molar-refractivity contribution is -0.138. The van der Waals surface area contributed by atoms with Crippen molar-refractivity contribution in [3.63, 3.8) is 0 Å². The molecule has 3 aliphatic rings. The van der Waals surface area contributed by atoms with Crippen LogP contribution in [0.25, 0.3) is 0 Å². The molecule has 1 aromatic rings. The van der Waals surface area contributed by atoms with Gasteiger partial charge in [-0.2, -0.15) is 5.26 Å². The standard InChI is InChI=1S/C19H25N3O3/c20-14-19(4-1-2-5-19)18(23)22-11-16-10-21(6-8-25-17(16)12-22)9-15-3-7-24-13-15/h3,7,13,16-17H,1-2,4-6,8-12H2/t16-,17+/m0/s1. The Hall–Kier alpha value is -1.84. The Balaban J connectivity index is 1.42. The van der Waals surface area contributed by atoms with Crippen LogP contribution in [-0.4, -0.2) is 54.6 Å². The Labute approximate surface area is 148 Å². The predicted octanol–water partition coefficient (Wildman–Crippen LogP) is 2.02. The number of carbonyl (C=O) groups is 1. The van der Waals surface area contributed by atoms with E-state index in [1.54, 1.807) is 12.5 Å². The molecule has 0 radical (unpaired) electrons. The van der Waals surface area contributed by atoms with Gasteiger partial charge in [0.2, 0.25) is 5.91 Å². The molecule has 6 nitrogen and oxygen atoms in total. The van der Waals surface area contributed by atoms with Gasteiger partial charge in [0.25, 0.3) is 0 Å². The maximum absolute atomic E-state index is 13.0. The summed E-state index contributed by atoms with van der Waals surface area (Å²) in [4.78, 5) is 17.3. The van der Waals surface area contributed by atoms with Gasteiger partial charge in [-0.15, -0.1) is 0 Å². The summed E-state index contributed by atoms with van der Waals surface area (Å²) in [5.74, 6) is 0.348. The molecule has 1 aliphatic carbocycles. The quantitative estimate of drug-likeness (QED) is 0.840. The number of likely N-dealkylation sites (tertiary alicyclic amines) is 1. The molecule has 4 rings (SSSR count). The molecule has 0 N–H and O–H groups in total. The van der Waals surface area contributed by atoms with Crippen LogP contribution in [0.4, 0.5) is 0 Å². The molecule has 2 saturated heterocycles. The number of ether oxygens (including phenoxy) is 1. The van der Waals surface area contributed by atoms with Gasteiger partial charge in [-0.25, -0.2) is 0 Å². The fraction of sp³-hybridized carbons (Fsp3) is 0.684. The van der Waals surface area contributed by atoms with Crippen molar-refractivity contribution in [2.24, 2.45) is 11.3 Å². The van der Waals surface area contributed by atoms with Crippen LogP contribution in [0.5, 0.6) is 0 Å². The first-order valence-electron chi connectivity index (χ1n) is 9.26. The van der Waals surface area contributed by atoms with Gasteiger partial charge in [-0.05, 0) is 18.9 Å². The molecular formula is C19H25N3O3. The molecule has 0 unspecified atom stereocenters. The van der Waals surface area contributed by atoms with Gasteiger partial charge in [-0.3, -0.25) is 9.69 Å². The third kappa shape index (κ3) is 3.19. The van der Waals surface area contributed by atoms with E-state index in [2.05, 4.69) is 11.0 Å².